The molecule has 2 atom stereocenters. The number of benzene rings is 1. The van der Waals surface area contributed by atoms with E-state index in [9.17, 15) is 5.11 Å². The van der Waals surface area contributed by atoms with Gasteiger partial charge in [-0.05, 0) is 43.9 Å². The fourth-order valence-corrected chi connectivity index (χ4v) is 3.84. The van der Waals surface area contributed by atoms with Crippen LogP contribution in [0.25, 0.3) is 0 Å². The summed E-state index contributed by atoms with van der Waals surface area (Å²) in [6.07, 6.45) is 6.76. The van der Waals surface area contributed by atoms with Crippen molar-refractivity contribution in [1.82, 2.24) is 4.90 Å². The number of phenolic OH excluding ortho intramolecular Hbond substituents is 1. The lowest BCUT2D eigenvalue weighted by Crippen LogP contribution is -2.34. The number of halogens is 1. The molecular formula is C15H20ClNO. The van der Waals surface area contributed by atoms with Gasteiger partial charge < -0.3 is 5.11 Å². The van der Waals surface area contributed by atoms with Gasteiger partial charge in [-0.15, -0.1) is 0 Å². The van der Waals surface area contributed by atoms with E-state index in [2.05, 4.69) is 4.90 Å². The van der Waals surface area contributed by atoms with Crippen LogP contribution in [0.3, 0.4) is 0 Å². The Balaban J connectivity index is 1.76. The van der Waals surface area contributed by atoms with Crippen molar-refractivity contribution in [3.63, 3.8) is 0 Å². The number of phenols is 1. The van der Waals surface area contributed by atoms with Gasteiger partial charge in [-0.1, -0.05) is 30.5 Å². The number of hydrogen-bond donors (Lipinski definition) is 1. The van der Waals surface area contributed by atoms with Crippen LogP contribution in [-0.4, -0.2) is 22.6 Å². The van der Waals surface area contributed by atoms with E-state index >= 15 is 0 Å². The molecule has 0 amide bonds. The summed E-state index contributed by atoms with van der Waals surface area (Å²) < 4.78 is 0. The first-order valence-electron chi connectivity index (χ1n) is 6.96. The van der Waals surface area contributed by atoms with Gasteiger partial charge in [-0.25, -0.2) is 0 Å². The zero-order chi connectivity index (χ0) is 12.5. The molecule has 0 bridgehead atoms. The Kier molecular flexibility index (Phi) is 3.49. The number of hydrogen-bond acceptors (Lipinski definition) is 2. The van der Waals surface area contributed by atoms with Gasteiger partial charge in [0.1, 0.15) is 5.75 Å². The van der Waals surface area contributed by atoms with Crippen molar-refractivity contribution >= 4 is 11.6 Å². The largest absolute Gasteiger partial charge is 0.508 e. The fourth-order valence-electron chi connectivity index (χ4n) is 3.61. The van der Waals surface area contributed by atoms with E-state index < -0.39 is 0 Å². The molecule has 2 fully saturated rings. The van der Waals surface area contributed by atoms with Gasteiger partial charge in [0.05, 0.1) is 0 Å². The van der Waals surface area contributed by atoms with Crippen LogP contribution in [0.5, 0.6) is 5.75 Å². The van der Waals surface area contributed by atoms with E-state index in [-0.39, 0.29) is 0 Å². The highest BCUT2D eigenvalue weighted by Gasteiger charge is 2.35. The summed E-state index contributed by atoms with van der Waals surface area (Å²) in [6, 6.07) is 6.12. The highest BCUT2D eigenvalue weighted by molar-refractivity contribution is 6.31. The highest BCUT2D eigenvalue weighted by Crippen LogP contribution is 2.38. The molecule has 18 heavy (non-hydrogen) atoms. The van der Waals surface area contributed by atoms with E-state index in [1.807, 2.05) is 6.07 Å². The van der Waals surface area contributed by atoms with Crippen LogP contribution in [0.15, 0.2) is 18.2 Å². The molecular weight excluding hydrogens is 246 g/mol. The molecule has 2 unspecified atom stereocenters. The molecule has 1 saturated heterocycles. The van der Waals surface area contributed by atoms with E-state index in [0.29, 0.717) is 10.8 Å². The Morgan fingerprint density at radius 2 is 2.06 bits per heavy atom. The second-order valence-corrected chi connectivity index (χ2v) is 6.02. The minimum atomic E-state index is 0.335. The Hall–Kier alpha value is -0.730. The molecule has 0 radical (unpaired) electrons. The van der Waals surface area contributed by atoms with Crippen molar-refractivity contribution in [2.75, 3.05) is 6.54 Å². The molecule has 1 N–H and O–H groups in total. The molecule has 1 saturated carbocycles. The molecule has 2 aliphatic rings. The maximum Gasteiger partial charge on any atom is 0.121 e. The van der Waals surface area contributed by atoms with Crippen molar-refractivity contribution in [3.05, 3.63) is 28.8 Å². The van der Waals surface area contributed by atoms with Crippen molar-refractivity contribution in [2.24, 2.45) is 5.92 Å². The minimum Gasteiger partial charge on any atom is -0.508 e. The zero-order valence-electron chi connectivity index (χ0n) is 10.6. The van der Waals surface area contributed by atoms with Gasteiger partial charge in [-0.3, -0.25) is 4.90 Å². The summed E-state index contributed by atoms with van der Waals surface area (Å²) in [5.74, 6) is 1.21. The van der Waals surface area contributed by atoms with Gasteiger partial charge in [0.2, 0.25) is 0 Å². The first kappa shape index (κ1) is 12.3. The Bertz CT molecular complexity index is 414. The van der Waals surface area contributed by atoms with Gasteiger partial charge in [0.25, 0.3) is 0 Å². The van der Waals surface area contributed by atoms with E-state index in [1.165, 1.54) is 32.1 Å². The SMILES string of the molecule is Oc1cccc(Cl)c1CN1CCC2CCCCC21. The maximum atomic E-state index is 9.94. The summed E-state index contributed by atoms with van der Waals surface area (Å²) in [6.45, 7) is 1.95. The molecule has 1 aliphatic heterocycles. The van der Waals surface area contributed by atoms with Crippen LogP contribution in [0.2, 0.25) is 5.02 Å². The molecule has 3 rings (SSSR count). The van der Waals surface area contributed by atoms with E-state index in [0.717, 1.165) is 30.6 Å². The standard InChI is InChI=1S/C15H20ClNO/c16-13-5-3-7-15(18)12(13)10-17-9-8-11-4-1-2-6-14(11)17/h3,5,7,11,14,18H,1-2,4,6,8-10H2. The third-order valence-corrected chi connectivity index (χ3v) is 4.93. The number of nitrogens with zero attached hydrogens (tertiary/aromatic N) is 1. The molecule has 1 aromatic rings. The van der Waals surface area contributed by atoms with Gasteiger partial charge in [0, 0.05) is 23.2 Å². The topological polar surface area (TPSA) is 23.5 Å². The van der Waals surface area contributed by atoms with Crippen LogP contribution in [0, 0.1) is 5.92 Å². The molecule has 0 spiro atoms. The van der Waals surface area contributed by atoms with Crippen molar-refractivity contribution < 1.29 is 5.11 Å². The van der Waals surface area contributed by atoms with Crippen molar-refractivity contribution in [3.8, 4) is 5.75 Å². The highest BCUT2D eigenvalue weighted by atomic mass is 35.5. The van der Waals surface area contributed by atoms with Crippen LogP contribution in [0.1, 0.15) is 37.7 Å². The molecule has 2 nitrogen and oxygen atoms in total. The summed E-state index contributed by atoms with van der Waals surface area (Å²) >= 11 is 6.20. The monoisotopic (exact) mass is 265 g/mol. The quantitative estimate of drug-likeness (QED) is 0.879. The summed E-state index contributed by atoms with van der Waals surface area (Å²) in [7, 11) is 0. The van der Waals surface area contributed by atoms with Gasteiger partial charge >= 0.3 is 0 Å². The predicted molar refractivity (Wildman–Crippen MR) is 73.9 cm³/mol. The average Bonchev–Trinajstić information content (AvgIpc) is 2.77. The third-order valence-electron chi connectivity index (χ3n) is 4.58. The lowest BCUT2D eigenvalue weighted by Gasteiger charge is -2.32. The molecule has 1 aromatic carbocycles. The lowest BCUT2D eigenvalue weighted by molar-refractivity contribution is 0.174. The minimum absolute atomic E-state index is 0.335. The molecule has 98 valence electrons. The normalized spacial score (nSPS) is 28.3. The Morgan fingerprint density at radius 1 is 1.22 bits per heavy atom. The first-order chi connectivity index (χ1) is 8.75. The molecule has 3 heteroatoms. The smallest absolute Gasteiger partial charge is 0.121 e. The lowest BCUT2D eigenvalue weighted by atomic mass is 9.85. The van der Waals surface area contributed by atoms with E-state index in [1.54, 1.807) is 12.1 Å². The van der Waals surface area contributed by atoms with E-state index in [4.69, 9.17) is 11.6 Å². The van der Waals surface area contributed by atoms with Crippen molar-refractivity contribution in [2.45, 2.75) is 44.7 Å². The average molecular weight is 266 g/mol. The van der Waals surface area contributed by atoms with Crippen LogP contribution in [0.4, 0.5) is 0 Å². The first-order valence-corrected chi connectivity index (χ1v) is 7.34. The Labute approximate surface area is 114 Å². The second kappa shape index (κ2) is 5.10. The number of rotatable bonds is 2. The van der Waals surface area contributed by atoms with Gasteiger partial charge in [0.15, 0.2) is 0 Å². The van der Waals surface area contributed by atoms with Crippen molar-refractivity contribution in [1.29, 1.82) is 0 Å². The molecule has 1 heterocycles. The summed E-state index contributed by atoms with van der Waals surface area (Å²) in [4.78, 5) is 2.52. The molecule has 1 aliphatic carbocycles. The maximum absolute atomic E-state index is 9.94. The van der Waals surface area contributed by atoms with Crippen LogP contribution < -0.4 is 0 Å². The second-order valence-electron chi connectivity index (χ2n) is 5.61. The predicted octanol–water partition coefficient (Wildman–Crippen LogP) is 3.81. The Morgan fingerprint density at radius 3 is 2.89 bits per heavy atom. The zero-order valence-corrected chi connectivity index (χ0v) is 11.4. The number of aromatic hydroxyl groups is 1. The van der Waals surface area contributed by atoms with Gasteiger partial charge in [-0.2, -0.15) is 0 Å². The summed E-state index contributed by atoms with van der Waals surface area (Å²) in [5, 5.41) is 10.6. The fraction of sp³-hybridized carbons (Fsp3) is 0.600. The molecule has 0 aromatic heterocycles. The third kappa shape index (κ3) is 2.24. The number of likely N-dealkylation sites (tertiary alicyclic amines) is 1. The van der Waals surface area contributed by atoms with Crippen LogP contribution in [-0.2, 0) is 6.54 Å². The van der Waals surface area contributed by atoms with Crippen LogP contribution >= 0.6 is 11.6 Å². The summed E-state index contributed by atoms with van der Waals surface area (Å²) in [5.41, 5.74) is 0.894. The number of fused-ring (bicyclic) bond motifs is 1.